The van der Waals surface area contributed by atoms with Gasteiger partial charge in [-0.1, -0.05) is 24.3 Å². The van der Waals surface area contributed by atoms with Crippen LogP contribution < -0.4 is 0 Å². The van der Waals surface area contributed by atoms with Gasteiger partial charge in [-0.3, -0.25) is 4.79 Å². The summed E-state index contributed by atoms with van der Waals surface area (Å²) >= 11 is 2.18. The molecule has 1 atom stereocenters. The molecule has 0 saturated carbocycles. The van der Waals surface area contributed by atoms with Gasteiger partial charge in [-0.25, -0.2) is 0 Å². The number of carbonyl (C=O) groups excluding carboxylic acids is 1. The van der Waals surface area contributed by atoms with E-state index in [0.717, 1.165) is 5.56 Å². The molecule has 0 radical (unpaired) electrons. The van der Waals surface area contributed by atoms with E-state index in [0.29, 0.717) is 71.5 Å². The fourth-order valence-electron chi connectivity index (χ4n) is 1.82. The zero-order chi connectivity index (χ0) is 18.2. The fraction of sp³-hybridized carbons (Fsp3) is 0.588. The Morgan fingerprint density at radius 1 is 0.840 bits per heavy atom. The zero-order valence-corrected chi connectivity index (χ0v) is 17.7. The highest BCUT2D eigenvalue weighted by Crippen LogP contribution is 2.20. The van der Waals surface area contributed by atoms with Crippen molar-refractivity contribution in [2.45, 2.75) is 13.5 Å². The quantitative estimate of drug-likeness (QED) is 0.155. The molecule has 0 N–H and O–H groups in total. The maximum absolute atomic E-state index is 11.2. The highest BCUT2D eigenvalue weighted by Gasteiger charge is 1.99. The third-order valence-corrected chi connectivity index (χ3v) is 4.38. The van der Waals surface area contributed by atoms with Gasteiger partial charge >= 0.3 is 0 Å². The molecular formula is C17H26IO6P. The van der Waals surface area contributed by atoms with Crippen molar-refractivity contribution >= 4 is 34.3 Å². The van der Waals surface area contributed by atoms with E-state index < -0.39 is 0 Å². The minimum absolute atomic E-state index is 0.0696. The first-order valence-corrected chi connectivity index (χ1v) is 12.1. The van der Waals surface area contributed by atoms with Crippen LogP contribution in [-0.4, -0.2) is 58.6 Å². The summed E-state index contributed by atoms with van der Waals surface area (Å²) in [5.74, 6) is 0.0696. The lowest BCUT2D eigenvalue weighted by atomic mass is 10.1. The molecule has 0 fully saturated rings. The van der Waals surface area contributed by atoms with E-state index in [4.69, 9.17) is 23.5 Å². The highest BCUT2D eigenvalue weighted by atomic mass is 127. The molecule has 25 heavy (non-hydrogen) atoms. The normalized spacial score (nSPS) is 11.4. The highest BCUT2D eigenvalue weighted by molar-refractivity contribution is 14.2. The predicted molar refractivity (Wildman–Crippen MR) is 107 cm³/mol. The van der Waals surface area contributed by atoms with E-state index in [1.807, 2.05) is 24.3 Å². The second-order valence-electron chi connectivity index (χ2n) is 5.07. The minimum Gasteiger partial charge on any atom is -0.377 e. The molecule has 1 rings (SSSR count). The maximum Gasteiger partial charge on any atom is 0.159 e. The number of ketones is 1. The van der Waals surface area contributed by atoms with Crippen LogP contribution in [0.1, 0.15) is 22.8 Å². The van der Waals surface area contributed by atoms with Gasteiger partial charge in [-0.2, -0.15) is 0 Å². The summed E-state index contributed by atoms with van der Waals surface area (Å²) in [7, 11) is 0. The molecule has 1 unspecified atom stereocenters. The van der Waals surface area contributed by atoms with Crippen LogP contribution in [0.15, 0.2) is 24.3 Å². The predicted octanol–water partition coefficient (Wildman–Crippen LogP) is 3.42. The molecule has 0 bridgehead atoms. The van der Waals surface area contributed by atoms with Crippen LogP contribution in [-0.2, 0) is 30.1 Å². The lowest BCUT2D eigenvalue weighted by Crippen LogP contribution is -2.12. The number of halogens is 1. The van der Waals surface area contributed by atoms with E-state index in [1.165, 1.54) is 0 Å². The molecule has 0 aliphatic rings. The van der Waals surface area contributed by atoms with E-state index >= 15 is 0 Å². The fourth-order valence-corrected chi connectivity index (χ4v) is 2.65. The van der Waals surface area contributed by atoms with Crippen LogP contribution >= 0.6 is 28.5 Å². The summed E-state index contributed by atoms with van der Waals surface area (Å²) in [6, 6.07) is 7.44. The Labute approximate surface area is 164 Å². The SMILES string of the molecule is CC(=O)c1ccc(COCCOCCOCCOCCOPI)cc1. The summed E-state index contributed by atoms with van der Waals surface area (Å²) in [5.41, 5.74) is 1.75. The number of carbonyl (C=O) groups is 1. The van der Waals surface area contributed by atoms with Crippen LogP contribution in [0.2, 0.25) is 0 Å². The van der Waals surface area contributed by atoms with Crippen molar-refractivity contribution < 1.29 is 28.3 Å². The van der Waals surface area contributed by atoms with Gasteiger partial charge in [-0.15, -0.1) is 0 Å². The molecule has 0 aromatic heterocycles. The summed E-state index contributed by atoms with van der Waals surface area (Å²) in [4.78, 5) is 11.2. The molecule has 1 aromatic rings. The van der Waals surface area contributed by atoms with Gasteiger partial charge in [-0.05, 0) is 34.5 Å². The maximum atomic E-state index is 11.2. The Balaban J connectivity index is 1.85. The molecule has 6 nitrogen and oxygen atoms in total. The Bertz CT molecular complexity index is 457. The minimum atomic E-state index is 0.0696. The van der Waals surface area contributed by atoms with Gasteiger partial charge in [0.05, 0.1) is 65.9 Å². The van der Waals surface area contributed by atoms with Crippen LogP contribution in [0.4, 0.5) is 0 Å². The van der Waals surface area contributed by atoms with Gasteiger partial charge in [0.2, 0.25) is 0 Å². The molecule has 1 aromatic carbocycles. The largest absolute Gasteiger partial charge is 0.377 e. The van der Waals surface area contributed by atoms with Gasteiger partial charge in [0, 0.05) is 5.56 Å². The van der Waals surface area contributed by atoms with Gasteiger partial charge in [0.15, 0.2) is 5.78 Å². The summed E-state index contributed by atoms with van der Waals surface area (Å²) < 4.78 is 26.8. The Hall–Kier alpha value is -0.150. The van der Waals surface area contributed by atoms with Crippen LogP contribution in [0.5, 0.6) is 0 Å². The molecule has 0 aliphatic carbocycles. The topological polar surface area (TPSA) is 63.2 Å². The first kappa shape index (κ1) is 22.9. The van der Waals surface area contributed by atoms with Crippen molar-refractivity contribution in [1.82, 2.24) is 0 Å². The first-order chi connectivity index (χ1) is 12.2. The molecule has 142 valence electrons. The Kier molecular flexibility index (Phi) is 14.7. The van der Waals surface area contributed by atoms with Gasteiger partial charge in [0.1, 0.15) is 0 Å². The molecule has 0 aliphatic heterocycles. The number of hydrogen-bond donors (Lipinski definition) is 0. The van der Waals surface area contributed by atoms with Crippen molar-refractivity contribution in [2.75, 3.05) is 52.9 Å². The Morgan fingerprint density at radius 3 is 1.80 bits per heavy atom. The third kappa shape index (κ3) is 12.8. The number of Topliss-reactive ketones (excluding diaryl/α,β-unsaturated/α-hetero) is 1. The third-order valence-electron chi connectivity index (χ3n) is 3.13. The van der Waals surface area contributed by atoms with Gasteiger partial charge < -0.3 is 23.5 Å². The average Bonchev–Trinajstić information content (AvgIpc) is 2.62. The number of rotatable bonds is 16. The molecule has 8 heteroatoms. The van der Waals surface area contributed by atoms with Crippen molar-refractivity contribution in [2.24, 2.45) is 0 Å². The standard InChI is InChI=1S/C17H26IO6P/c1-15(19)17-4-2-16(3-5-17)14-23-11-10-21-7-6-20-8-9-22-12-13-24-25-18/h2-5,25H,6-14H2,1H3. The van der Waals surface area contributed by atoms with Gasteiger partial charge in [0.25, 0.3) is 0 Å². The Morgan fingerprint density at radius 2 is 1.32 bits per heavy atom. The zero-order valence-electron chi connectivity index (χ0n) is 14.5. The van der Waals surface area contributed by atoms with E-state index in [2.05, 4.69) is 22.0 Å². The smallest absolute Gasteiger partial charge is 0.159 e. The van der Waals surface area contributed by atoms with Crippen molar-refractivity contribution in [3.05, 3.63) is 35.4 Å². The second-order valence-corrected chi connectivity index (χ2v) is 6.83. The number of ether oxygens (including phenoxy) is 4. The lowest BCUT2D eigenvalue weighted by molar-refractivity contribution is -0.00615. The second kappa shape index (κ2) is 16.1. The molecule has 0 amide bonds. The summed E-state index contributed by atoms with van der Waals surface area (Å²) in [6.07, 6.45) is 0. The molecule has 0 heterocycles. The van der Waals surface area contributed by atoms with Crippen LogP contribution in [0.3, 0.4) is 0 Å². The first-order valence-electron chi connectivity index (χ1n) is 8.12. The van der Waals surface area contributed by atoms with E-state index in [-0.39, 0.29) is 5.78 Å². The van der Waals surface area contributed by atoms with E-state index in [9.17, 15) is 4.79 Å². The summed E-state index contributed by atoms with van der Waals surface area (Å²) in [5, 5.41) is 0. The molecular weight excluding hydrogens is 458 g/mol. The molecule has 0 saturated heterocycles. The van der Waals surface area contributed by atoms with Crippen LogP contribution in [0, 0.1) is 0 Å². The molecule has 0 spiro atoms. The van der Waals surface area contributed by atoms with E-state index in [1.54, 1.807) is 6.92 Å². The summed E-state index contributed by atoms with van der Waals surface area (Å²) in [6.45, 7) is 7.04. The van der Waals surface area contributed by atoms with Crippen molar-refractivity contribution in [3.63, 3.8) is 0 Å². The number of hydrogen-bond acceptors (Lipinski definition) is 6. The van der Waals surface area contributed by atoms with Crippen molar-refractivity contribution in [1.29, 1.82) is 0 Å². The average molecular weight is 484 g/mol. The lowest BCUT2D eigenvalue weighted by Gasteiger charge is -2.08. The van der Waals surface area contributed by atoms with Crippen LogP contribution in [0.25, 0.3) is 0 Å². The van der Waals surface area contributed by atoms with Crippen molar-refractivity contribution in [3.8, 4) is 0 Å². The number of benzene rings is 1. The monoisotopic (exact) mass is 484 g/mol.